The number of halogens is 1. The fraction of sp³-hybridized carbons (Fsp3) is 0.400. The Bertz CT molecular complexity index is 489. The molecule has 1 aliphatic heterocycles. The molecule has 2 rings (SSSR count). The highest BCUT2D eigenvalue weighted by Gasteiger charge is 2.37. The summed E-state index contributed by atoms with van der Waals surface area (Å²) in [7, 11) is -3.26. The molecule has 1 saturated heterocycles. The molecule has 0 radical (unpaired) electrons. The van der Waals surface area contributed by atoms with Gasteiger partial charge in [0.25, 0.3) is 0 Å². The lowest BCUT2D eigenvalue weighted by molar-refractivity contribution is 0.588. The number of hydrogen-bond donors (Lipinski definition) is 1. The molecular formula is C10H13BrN2O2S. The van der Waals surface area contributed by atoms with Gasteiger partial charge in [-0.3, -0.25) is 4.31 Å². The minimum absolute atomic E-state index is 0.187. The third-order valence-corrected chi connectivity index (χ3v) is 5.51. The summed E-state index contributed by atoms with van der Waals surface area (Å²) in [5.41, 5.74) is 6.16. The lowest BCUT2D eigenvalue weighted by Gasteiger charge is -2.18. The molecule has 1 aromatic carbocycles. The van der Waals surface area contributed by atoms with Crippen molar-refractivity contribution in [1.29, 1.82) is 0 Å². The summed E-state index contributed by atoms with van der Waals surface area (Å²) in [6, 6.07) is 7.29. The Morgan fingerprint density at radius 3 is 2.81 bits per heavy atom. The van der Waals surface area contributed by atoms with Gasteiger partial charge in [0.2, 0.25) is 10.0 Å². The Balaban J connectivity index is 2.37. The van der Waals surface area contributed by atoms with E-state index in [2.05, 4.69) is 15.9 Å². The fourth-order valence-corrected chi connectivity index (χ4v) is 4.02. The van der Waals surface area contributed by atoms with Crippen molar-refractivity contribution in [2.24, 2.45) is 5.73 Å². The Morgan fingerprint density at radius 2 is 2.25 bits per heavy atom. The highest BCUT2D eigenvalue weighted by molar-refractivity contribution is 9.10. The lowest BCUT2D eigenvalue weighted by Crippen LogP contribution is -2.33. The molecule has 0 spiro atoms. The van der Waals surface area contributed by atoms with E-state index in [-0.39, 0.29) is 6.54 Å². The van der Waals surface area contributed by atoms with Gasteiger partial charge in [0.05, 0.1) is 10.9 Å². The van der Waals surface area contributed by atoms with Gasteiger partial charge in [0.1, 0.15) is 0 Å². The standard InChI is InChI=1S/C10H13BrN2O2S/c11-8-2-1-3-9(6-8)13-5-4-10(7-12)16(13,14)15/h1-3,6,10H,4-5,7,12H2. The minimum atomic E-state index is -3.26. The molecule has 0 aromatic heterocycles. The second kappa shape index (κ2) is 4.35. The van der Waals surface area contributed by atoms with E-state index in [0.29, 0.717) is 18.7 Å². The van der Waals surface area contributed by atoms with Crippen LogP contribution in [0, 0.1) is 0 Å². The van der Waals surface area contributed by atoms with Gasteiger partial charge >= 0.3 is 0 Å². The van der Waals surface area contributed by atoms with Crippen molar-refractivity contribution >= 4 is 31.6 Å². The number of nitrogens with two attached hydrogens (primary N) is 1. The molecule has 0 saturated carbocycles. The van der Waals surface area contributed by atoms with Crippen LogP contribution in [0.25, 0.3) is 0 Å². The molecule has 1 atom stereocenters. The van der Waals surface area contributed by atoms with Gasteiger partial charge in [0, 0.05) is 17.6 Å². The molecular weight excluding hydrogens is 292 g/mol. The highest BCUT2D eigenvalue weighted by Crippen LogP contribution is 2.29. The van der Waals surface area contributed by atoms with Crippen molar-refractivity contribution < 1.29 is 8.42 Å². The van der Waals surface area contributed by atoms with Crippen molar-refractivity contribution in [2.45, 2.75) is 11.7 Å². The Morgan fingerprint density at radius 1 is 1.50 bits per heavy atom. The Hall–Kier alpha value is -0.590. The number of sulfonamides is 1. The first-order chi connectivity index (χ1) is 7.55. The van der Waals surface area contributed by atoms with Crippen molar-refractivity contribution in [1.82, 2.24) is 0 Å². The molecule has 1 aromatic rings. The van der Waals surface area contributed by atoms with Crippen LogP contribution >= 0.6 is 15.9 Å². The summed E-state index contributed by atoms with van der Waals surface area (Å²) < 4.78 is 26.4. The van der Waals surface area contributed by atoms with Crippen LogP contribution in [0.3, 0.4) is 0 Å². The minimum Gasteiger partial charge on any atom is -0.329 e. The largest absolute Gasteiger partial charge is 0.329 e. The second-order valence-electron chi connectivity index (χ2n) is 3.74. The van der Waals surface area contributed by atoms with Crippen molar-refractivity contribution in [3.8, 4) is 0 Å². The van der Waals surface area contributed by atoms with Crippen LogP contribution in [0.15, 0.2) is 28.7 Å². The molecule has 4 nitrogen and oxygen atoms in total. The molecule has 1 heterocycles. The summed E-state index contributed by atoms with van der Waals surface area (Å²) in [5.74, 6) is 0. The predicted molar refractivity (Wildman–Crippen MR) is 67.9 cm³/mol. The summed E-state index contributed by atoms with van der Waals surface area (Å²) in [5, 5.41) is -0.438. The van der Waals surface area contributed by atoms with Crippen LogP contribution in [0.1, 0.15) is 6.42 Å². The topological polar surface area (TPSA) is 63.4 Å². The van der Waals surface area contributed by atoms with Gasteiger partial charge in [-0.05, 0) is 24.6 Å². The van der Waals surface area contributed by atoms with E-state index in [1.165, 1.54) is 4.31 Å². The van der Waals surface area contributed by atoms with Crippen LogP contribution in [0.5, 0.6) is 0 Å². The molecule has 16 heavy (non-hydrogen) atoms. The first-order valence-electron chi connectivity index (χ1n) is 5.03. The number of rotatable bonds is 2. The maximum absolute atomic E-state index is 12.1. The number of benzene rings is 1. The summed E-state index contributed by atoms with van der Waals surface area (Å²) >= 11 is 3.33. The number of anilines is 1. The van der Waals surface area contributed by atoms with Crippen LogP contribution in [0.4, 0.5) is 5.69 Å². The SMILES string of the molecule is NCC1CCN(c2cccc(Br)c2)S1(=O)=O. The zero-order valence-corrected chi connectivity index (χ0v) is 11.0. The Kier molecular flexibility index (Phi) is 3.23. The fourth-order valence-electron chi connectivity index (χ4n) is 1.86. The molecule has 0 bridgehead atoms. The van der Waals surface area contributed by atoms with E-state index >= 15 is 0 Å². The first-order valence-corrected chi connectivity index (χ1v) is 7.32. The van der Waals surface area contributed by atoms with Crippen LogP contribution in [0.2, 0.25) is 0 Å². The first kappa shape index (κ1) is 11.9. The third-order valence-electron chi connectivity index (χ3n) is 2.74. The second-order valence-corrected chi connectivity index (χ2v) is 6.80. The zero-order valence-electron chi connectivity index (χ0n) is 8.64. The van der Waals surface area contributed by atoms with E-state index < -0.39 is 15.3 Å². The molecule has 6 heteroatoms. The summed E-state index contributed by atoms with van der Waals surface area (Å²) in [4.78, 5) is 0. The zero-order chi connectivity index (χ0) is 11.8. The van der Waals surface area contributed by atoms with Crippen LogP contribution in [-0.2, 0) is 10.0 Å². The summed E-state index contributed by atoms with van der Waals surface area (Å²) in [6.45, 7) is 0.702. The Labute approximate surface area is 104 Å². The van der Waals surface area contributed by atoms with E-state index in [1.807, 2.05) is 12.1 Å². The van der Waals surface area contributed by atoms with Gasteiger partial charge in [0.15, 0.2) is 0 Å². The van der Waals surface area contributed by atoms with Gasteiger partial charge in [-0.2, -0.15) is 0 Å². The third kappa shape index (κ3) is 1.97. The average molecular weight is 305 g/mol. The number of hydrogen-bond acceptors (Lipinski definition) is 3. The number of nitrogens with zero attached hydrogens (tertiary/aromatic N) is 1. The molecule has 1 unspecified atom stereocenters. The summed E-state index contributed by atoms with van der Waals surface area (Å²) in [6.07, 6.45) is 0.603. The van der Waals surface area contributed by atoms with Crippen LogP contribution < -0.4 is 10.0 Å². The van der Waals surface area contributed by atoms with Crippen molar-refractivity contribution in [3.63, 3.8) is 0 Å². The lowest BCUT2D eigenvalue weighted by atomic mass is 10.3. The van der Waals surface area contributed by atoms with Gasteiger partial charge < -0.3 is 5.73 Å². The average Bonchev–Trinajstić information content (AvgIpc) is 2.53. The van der Waals surface area contributed by atoms with Crippen molar-refractivity contribution in [3.05, 3.63) is 28.7 Å². The van der Waals surface area contributed by atoms with E-state index in [4.69, 9.17) is 5.73 Å². The maximum atomic E-state index is 12.1. The monoisotopic (exact) mass is 304 g/mol. The predicted octanol–water partition coefficient (Wildman–Crippen LogP) is 1.32. The van der Waals surface area contributed by atoms with E-state index in [9.17, 15) is 8.42 Å². The normalized spacial score (nSPS) is 23.6. The molecule has 0 amide bonds. The molecule has 2 N–H and O–H groups in total. The van der Waals surface area contributed by atoms with Gasteiger partial charge in [-0.15, -0.1) is 0 Å². The van der Waals surface area contributed by atoms with Gasteiger partial charge in [-0.25, -0.2) is 8.42 Å². The molecule has 0 aliphatic carbocycles. The van der Waals surface area contributed by atoms with Crippen molar-refractivity contribution in [2.75, 3.05) is 17.4 Å². The van der Waals surface area contributed by atoms with Gasteiger partial charge in [-0.1, -0.05) is 22.0 Å². The maximum Gasteiger partial charge on any atom is 0.239 e. The van der Waals surface area contributed by atoms with E-state index in [1.54, 1.807) is 12.1 Å². The smallest absolute Gasteiger partial charge is 0.239 e. The van der Waals surface area contributed by atoms with E-state index in [0.717, 1.165) is 4.47 Å². The molecule has 1 aliphatic rings. The molecule has 1 fully saturated rings. The quantitative estimate of drug-likeness (QED) is 0.896. The highest BCUT2D eigenvalue weighted by atomic mass is 79.9. The van der Waals surface area contributed by atoms with Crippen LogP contribution in [-0.4, -0.2) is 26.8 Å². The molecule has 88 valence electrons.